The van der Waals surface area contributed by atoms with Crippen molar-refractivity contribution in [1.82, 2.24) is 20.1 Å². The molecule has 3 amide bonds. The van der Waals surface area contributed by atoms with Crippen LogP contribution >= 0.6 is 0 Å². The standard InChI is InChI=1S/C47H51FN4O7/c1-6-24-57-47(56)52(5)41(25-32(2)3)45(54)51(4)40(27-34-18-12-8-13-19-34)44(53)50-37(26-33-16-10-7-11-17-33)31-58-42-29-49-39-23-22-36(48)28-38(39)43(42)46(55)59-30-35-20-14-9-15-21-35/h6-23,28-29,32,37,40-41H,1,24-27,30-31H2,2-5H3,(H,50,53)/t37-,40-,41+/m1/s1. The molecule has 0 radical (unpaired) electrons. The number of nitrogens with zero attached hydrogens (tertiary/aromatic N) is 3. The lowest BCUT2D eigenvalue weighted by molar-refractivity contribution is -0.143. The van der Waals surface area contributed by atoms with E-state index >= 15 is 0 Å². The second kappa shape index (κ2) is 21.3. The van der Waals surface area contributed by atoms with Crippen molar-refractivity contribution in [3.05, 3.63) is 156 Å². The molecule has 3 atom stereocenters. The zero-order valence-corrected chi connectivity index (χ0v) is 33.9. The van der Waals surface area contributed by atoms with Crippen molar-refractivity contribution in [3.8, 4) is 5.75 Å². The number of pyridine rings is 1. The van der Waals surface area contributed by atoms with Gasteiger partial charge in [-0.25, -0.2) is 14.0 Å². The average molecular weight is 803 g/mol. The van der Waals surface area contributed by atoms with Crippen molar-refractivity contribution in [2.24, 2.45) is 5.92 Å². The maximum Gasteiger partial charge on any atom is 0.410 e. The lowest BCUT2D eigenvalue weighted by Crippen LogP contribution is -2.57. The molecule has 0 aliphatic rings. The van der Waals surface area contributed by atoms with E-state index in [9.17, 15) is 23.6 Å². The van der Waals surface area contributed by atoms with Crippen LogP contribution in [0.1, 0.15) is 47.3 Å². The first-order valence-corrected chi connectivity index (χ1v) is 19.5. The van der Waals surface area contributed by atoms with Gasteiger partial charge in [-0.1, -0.05) is 117 Å². The number of amides is 3. The first-order valence-electron chi connectivity index (χ1n) is 19.5. The molecule has 1 N–H and O–H groups in total. The van der Waals surface area contributed by atoms with Gasteiger partial charge in [-0.05, 0) is 53.6 Å². The third-order valence-electron chi connectivity index (χ3n) is 9.77. The Morgan fingerprint density at radius 2 is 1.41 bits per heavy atom. The lowest BCUT2D eigenvalue weighted by atomic mass is 9.98. The molecule has 4 aromatic carbocycles. The third-order valence-corrected chi connectivity index (χ3v) is 9.77. The molecular formula is C47H51FN4O7. The maximum absolute atomic E-state index is 14.6. The molecule has 308 valence electrons. The van der Waals surface area contributed by atoms with E-state index in [4.69, 9.17) is 14.2 Å². The Kier molecular flexibility index (Phi) is 15.7. The molecular weight excluding hydrogens is 752 g/mol. The van der Waals surface area contributed by atoms with E-state index in [1.807, 2.05) is 105 Å². The number of ether oxygens (including phenoxy) is 3. The number of benzene rings is 4. The average Bonchev–Trinajstić information content (AvgIpc) is 3.24. The Balaban J connectivity index is 1.45. The molecule has 1 aromatic heterocycles. The monoisotopic (exact) mass is 802 g/mol. The fourth-order valence-corrected chi connectivity index (χ4v) is 6.66. The Morgan fingerprint density at radius 1 is 0.797 bits per heavy atom. The van der Waals surface area contributed by atoms with Crippen molar-refractivity contribution in [2.75, 3.05) is 27.3 Å². The molecule has 0 fully saturated rings. The van der Waals surface area contributed by atoms with E-state index in [0.29, 0.717) is 18.4 Å². The highest BCUT2D eigenvalue weighted by molar-refractivity contribution is 6.05. The summed E-state index contributed by atoms with van der Waals surface area (Å²) in [5.74, 6) is -2.12. The second-order valence-electron chi connectivity index (χ2n) is 14.7. The summed E-state index contributed by atoms with van der Waals surface area (Å²) < 4.78 is 31.9. The van der Waals surface area contributed by atoms with Crippen LogP contribution in [0.25, 0.3) is 10.9 Å². The van der Waals surface area contributed by atoms with Gasteiger partial charge in [0.2, 0.25) is 11.8 Å². The number of nitrogens with one attached hydrogen (secondary N) is 1. The van der Waals surface area contributed by atoms with Crippen LogP contribution in [0.4, 0.5) is 9.18 Å². The quantitative estimate of drug-likeness (QED) is 0.0670. The number of aromatic nitrogens is 1. The number of esters is 1. The summed E-state index contributed by atoms with van der Waals surface area (Å²) in [4.78, 5) is 62.7. The highest BCUT2D eigenvalue weighted by atomic mass is 19.1. The minimum Gasteiger partial charge on any atom is -0.489 e. The van der Waals surface area contributed by atoms with E-state index in [-0.39, 0.29) is 48.9 Å². The van der Waals surface area contributed by atoms with E-state index in [1.54, 1.807) is 7.05 Å². The van der Waals surface area contributed by atoms with Gasteiger partial charge < -0.3 is 24.4 Å². The minimum absolute atomic E-state index is 0.00515. The smallest absolute Gasteiger partial charge is 0.410 e. The number of rotatable bonds is 19. The van der Waals surface area contributed by atoms with Gasteiger partial charge in [0.15, 0.2) is 5.75 Å². The third kappa shape index (κ3) is 12.2. The molecule has 59 heavy (non-hydrogen) atoms. The summed E-state index contributed by atoms with van der Waals surface area (Å²) in [5, 5.41) is 3.33. The van der Waals surface area contributed by atoms with Crippen LogP contribution < -0.4 is 10.1 Å². The Labute approximate surface area is 344 Å². The number of hydrogen-bond acceptors (Lipinski definition) is 8. The van der Waals surface area contributed by atoms with Crippen LogP contribution in [0.3, 0.4) is 0 Å². The molecule has 0 spiro atoms. The number of halogens is 1. The topological polar surface area (TPSA) is 127 Å². The lowest BCUT2D eigenvalue weighted by Gasteiger charge is -2.35. The molecule has 5 rings (SSSR count). The van der Waals surface area contributed by atoms with Crippen LogP contribution in [0, 0.1) is 11.7 Å². The van der Waals surface area contributed by atoms with Gasteiger partial charge in [0.05, 0.1) is 17.8 Å². The van der Waals surface area contributed by atoms with Crippen LogP contribution in [0.15, 0.2) is 128 Å². The number of fused-ring (bicyclic) bond motifs is 1. The molecule has 12 heteroatoms. The first kappa shape index (κ1) is 43.6. The van der Waals surface area contributed by atoms with Crippen molar-refractivity contribution in [1.29, 1.82) is 0 Å². The molecule has 11 nitrogen and oxygen atoms in total. The summed E-state index contributed by atoms with van der Waals surface area (Å²) in [5.41, 5.74) is 2.83. The zero-order valence-electron chi connectivity index (χ0n) is 33.9. The molecule has 0 aliphatic heterocycles. The van der Waals surface area contributed by atoms with Crippen LogP contribution in [0.2, 0.25) is 0 Å². The molecule has 1 heterocycles. The summed E-state index contributed by atoms with van der Waals surface area (Å²) in [7, 11) is 3.06. The Hall–Kier alpha value is -6.56. The largest absolute Gasteiger partial charge is 0.489 e. The normalized spacial score (nSPS) is 12.5. The molecule has 5 aromatic rings. The highest BCUT2D eigenvalue weighted by Crippen LogP contribution is 2.29. The second-order valence-corrected chi connectivity index (χ2v) is 14.7. The number of hydrogen-bond donors (Lipinski definition) is 1. The first-order chi connectivity index (χ1) is 28.4. The van der Waals surface area contributed by atoms with Crippen molar-refractivity contribution in [3.63, 3.8) is 0 Å². The minimum atomic E-state index is -1.01. The Morgan fingerprint density at radius 3 is 2.02 bits per heavy atom. The Bertz CT molecular complexity index is 2190. The summed E-state index contributed by atoms with van der Waals surface area (Å²) in [6.07, 6.45) is 2.96. The highest BCUT2D eigenvalue weighted by Gasteiger charge is 2.36. The van der Waals surface area contributed by atoms with Crippen molar-refractivity contribution >= 4 is 34.8 Å². The van der Waals surface area contributed by atoms with Gasteiger partial charge in [-0.3, -0.25) is 19.5 Å². The molecule has 0 aliphatic carbocycles. The van der Waals surface area contributed by atoms with E-state index in [2.05, 4.69) is 16.9 Å². The van der Waals surface area contributed by atoms with Gasteiger partial charge in [-0.2, -0.15) is 0 Å². The number of carbonyl (C=O) groups excluding carboxylic acids is 4. The summed E-state index contributed by atoms with van der Waals surface area (Å²) in [6, 6.07) is 29.3. The van der Waals surface area contributed by atoms with Gasteiger partial charge in [0, 0.05) is 25.9 Å². The summed E-state index contributed by atoms with van der Waals surface area (Å²) >= 11 is 0. The van der Waals surface area contributed by atoms with E-state index in [1.165, 1.54) is 47.3 Å². The molecule has 0 saturated heterocycles. The SMILES string of the molecule is C=CCOC(=O)N(C)[C@@H](CC(C)C)C(=O)N(C)[C@H](Cc1ccccc1)C(=O)N[C@@H](COc1cnc2ccc(F)cc2c1C(=O)OCc1ccccc1)Cc1ccccc1. The van der Waals surface area contributed by atoms with E-state index in [0.717, 1.165) is 16.7 Å². The van der Waals surface area contributed by atoms with Crippen LogP contribution in [-0.4, -0.2) is 84.1 Å². The van der Waals surface area contributed by atoms with Crippen LogP contribution in [0.5, 0.6) is 5.75 Å². The van der Waals surface area contributed by atoms with Crippen molar-refractivity contribution in [2.45, 2.75) is 57.8 Å². The van der Waals surface area contributed by atoms with E-state index < -0.39 is 47.8 Å². The van der Waals surface area contributed by atoms with Gasteiger partial charge >= 0.3 is 12.1 Å². The molecule has 0 unspecified atom stereocenters. The fourth-order valence-electron chi connectivity index (χ4n) is 6.66. The number of likely N-dealkylation sites (N-methyl/N-ethyl adjacent to an activating group) is 2. The maximum atomic E-state index is 14.6. The van der Waals surface area contributed by atoms with Crippen molar-refractivity contribution < 1.29 is 37.8 Å². The zero-order chi connectivity index (χ0) is 42.3. The predicted molar refractivity (Wildman–Crippen MR) is 224 cm³/mol. The van der Waals surface area contributed by atoms with Gasteiger partial charge in [0.25, 0.3) is 0 Å². The molecule has 0 saturated carbocycles. The van der Waals surface area contributed by atoms with Gasteiger partial charge in [0.1, 0.15) is 43.3 Å². The fraction of sp³-hybridized carbons (Fsp3) is 0.298. The molecule has 0 bridgehead atoms. The van der Waals surface area contributed by atoms with Crippen LogP contribution in [-0.2, 0) is 38.5 Å². The number of carbonyl (C=O) groups is 4. The predicted octanol–water partition coefficient (Wildman–Crippen LogP) is 7.58. The van der Waals surface area contributed by atoms with Gasteiger partial charge in [-0.15, -0.1) is 0 Å². The summed E-state index contributed by atoms with van der Waals surface area (Å²) in [6.45, 7) is 7.31.